The first-order valence-electron chi connectivity index (χ1n) is 7.49. The minimum Gasteiger partial charge on any atom is -0.370 e. The Hall–Kier alpha value is -2.09. The van der Waals surface area contributed by atoms with E-state index in [1.807, 2.05) is 0 Å². The molecule has 1 aromatic carbocycles. The summed E-state index contributed by atoms with van der Waals surface area (Å²) in [5.74, 6) is -0.657. The van der Waals surface area contributed by atoms with E-state index in [1.165, 1.54) is 13.1 Å². The van der Waals surface area contributed by atoms with Gasteiger partial charge in [-0.1, -0.05) is 0 Å². The molecule has 1 aliphatic heterocycles. The lowest BCUT2D eigenvalue weighted by atomic mass is 10.1. The number of nitrogens with one attached hydrogen (secondary N) is 3. The van der Waals surface area contributed by atoms with Crippen LogP contribution in [0, 0.1) is 5.41 Å². The SMILES string of the molecule is CNC(=N)NC(=O)c1ccc(N2CCCCC2)c(S(C)(=O)=O)c1. The van der Waals surface area contributed by atoms with Gasteiger partial charge in [0.15, 0.2) is 15.8 Å². The third-order valence-electron chi connectivity index (χ3n) is 3.81. The van der Waals surface area contributed by atoms with E-state index >= 15 is 0 Å². The highest BCUT2D eigenvalue weighted by atomic mass is 32.2. The third-order valence-corrected chi connectivity index (χ3v) is 4.93. The van der Waals surface area contributed by atoms with Crippen molar-refractivity contribution in [2.75, 3.05) is 31.3 Å². The van der Waals surface area contributed by atoms with Crippen molar-refractivity contribution in [3.8, 4) is 0 Å². The topological polar surface area (TPSA) is 102 Å². The number of sulfone groups is 1. The molecule has 1 aromatic rings. The lowest BCUT2D eigenvalue weighted by Crippen LogP contribution is -2.38. The third kappa shape index (κ3) is 4.22. The van der Waals surface area contributed by atoms with E-state index in [0.717, 1.165) is 38.6 Å². The Bertz CT molecular complexity index is 709. The van der Waals surface area contributed by atoms with Crippen molar-refractivity contribution in [2.24, 2.45) is 0 Å². The van der Waals surface area contributed by atoms with E-state index in [2.05, 4.69) is 15.5 Å². The standard InChI is InChI=1S/C15H22N4O3S/c1-17-15(16)18-14(20)11-6-7-12(13(10-11)23(2,21)22)19-8-4-3-5-9-19/h6-7,10H,3-5,8-9H2,1-2H3,(H3,16,17,18,20). The van der Waals surface area contributed by atoms with Crippen LogP contribution in [0.4, 0.5) is 5.69 Å². The first kappa shape index (κ1) is 17.3. The van der Waals surface area contributed by atoms with E-state index < -0.39 is 15.7 Å². The molecule has 1 fully saturated rings. The van der Waals surface area contributed by atoms with Crippen LogP contribution in [0.2, 0.25) is 0 Å². The van der Waals surface area contributed by atoms with E-state index in [1.54, 1.807) is 12.1 Å². The van der Waals surface area contributed by atoms with Gasteiger partial charge in [0.1, 0.15) is 0 Å². The van der Waals surface area contributed by atoms with Crippen molar-refractivity contribution in [1.29, 1.82) is 5.41 Å². The number of rotatable bonds is 3. The van der Waals surface area contributed by atoms with Crippen molar-refractivity contribution in [2.45, 2.75) is 24.2 Å². The fraction of sp³-hybridized carbons (Fsp3) is 0.467. The van der Waals surface area contributed by atoms with Gasteiger partial charge in [-0.25, -0.2) is 8.42 Å². The Kier molecular flexibility index (Phi) is 5.25. The van der Waals surface area contributed by atoms with Crippen LogP contribution in [0.1, 0.15) is 29.6 Å². The van der Waals surface area contributed by atoms with Gasteiger partial charge in [0.25, 0.3) is 5.91 Å². The predicted octanol–water partition coefficient (Wildman–Crippen LogP) is 0.964. The van der Waals surface area contributed by atoms with Crippen LogP contribution in [-0.4, -0.2) is 46.7 Å². The summed E-state index contributed by atoms with van der Waals surface area (Å²) in [4.78, 5) is 14.3. The second kappa shape index (κ2) is 6.99. The summed E-state index contributed by atoms with van der Waals surface area (Å²) >= 11 is 0. The molecular formula is C15H22N4O3S. The number of amides is 1. The molecule has 8 heteroatoms. The highest BCUT2D eigenvalue weighted by molar-refractivity contribution is 7.90. The van der Waals surface area contributed by atoms with Crippen molar-refractivity contribution in [1.82, 2.24) is 10.6 Å². The van der Waals surface area contributed by atoms with Gasteiger partial charge in [-0.3, -0.25) is 15.5 Å². The molecule has 0 unspecified atom stereocenters. The van der Waals surface area contributed by atoms with E-state index in [-0.39, 0.29) is 16.4 Å². The van der Waals surface area contributed by atoms with Crippen LogP contribution in [0.5, 0.6) is 0 Å². The molecule has 3 N–H and O–H groups in total. The summed E-state index contributed by atoms with van der Waals surface area (Å²) in [6.07, 6.45) is 4.36. The normalized spacial score (nSPS) is 15.1. The van der Waals surface area contributed by atoms with E-state index in [4.69, 9.17) is 5.41 Å². The van der Waals surface area contributed by atoms with Gasteiger partial charge in [0, 0.05) is 32.0 Å². The number of benzene rings is 1. The Balaban J connectivity index is 2.38. The maximum atomic E-state index is 12.1. The van der Waals surface area contributed by atoms with E-state index in [9.17, 15) is 13.2 Å². The molecule has 1 heterocycles. The minimum atomic E-state index is -3.46. The largest absolute Gasteiger partial charge is 0.370 e. The first-order valence-corrected chi connectivity index (χ1v) is 9.39. The number of carbonyl (C=O) groups is 1. The van der Waals surface area contributed by atoms with Gasteiger partial charge in [0.2, 0.25) is 0 Å². The second-order valence-corrected chi connectivity index (χ2v) is 7.57. The zero-order chi connectivity index (χ0) is 17.0. The highest BCUT2D eigenvalue weighted by Crippen LogP contribution is 2.29. The molecule has 1 amide bonds. The summed E-state index contributed by atoms with van der Waals surface area (Å²) in [6.45, 7) is 1.64. The number of anilines is 1. The number of guanidine groups is 1. The average molecular weight is 338 g/mol. The van der Waals surface area contributed by atoms with Crippen molar-refractivity contribution >= 4 is 27.4 Å². The zero-order valence-corrected chi connectivity index (χ0v) is 14.2. The smallest absolute Gasteiger partial charge is 0.257 e. The fourth-order valence-corrected chi connectivity index (χ4v) is 3.51. The molecule has 0 radical (unpaired) electrons. The van der Waals surface area contributed by atoms with Crippen molar-refractivity contribution < 1.29 is 13.2 Å². The maximum absolute atomic E-state index is 12.1. The molecule has 0 aromatic heterocycles. The summed E-state index contributed by atoms with van der Waals surface area (Å²) in [6, 6.07) is 4.66. The summed E-state index contributed by atoms with van der Waals surface area (Å²) < 4.78 is 24.3. The van der Waals surface area contributed by atoms with Crippen LogP contribution in [0.15, 0.2) is 23.1 Å². The van der Waals surface area contributed by atoms with Crippen LogP contribution in [0.25, 0.3) is 0 Å². The monoisotopic (exact) mass is 338 g/mol. The van der Waals surface area contributed by atoms with Crippen molar-refractivity contribution in [3.63, 3.8) is 0 Å². The lowest BCUT2D eigenvalue weighted by Gasteiger charge is -2.30. The van der Waals surface area contributed by atoms with Gasteiger partial charge < -0.3 is 10.2 Å². The first-order chi connectivity index (χ1) is 10.8. The summed E-state index contributed by atoms with van der Waals surface area (Å²) in [5.41, 5.74) is 0.860. The number of hydrogen-bond donors (Lipinski definition) is 3. The van der Waals surface area contributed by atoms with E-state index in [0.29, 0.717) is 5.69 Å². The molecule has 0 spiro atoms. The van der Waals surface area contributed by atoms with Crippen LogP contribution < -0.4 is 15.5 Å². The Morgan fingerprint density at radius 2 is 1.87 bits per heavy atom. The molecule has 126 valence electrons. The average Bonchev–Trinajstić information content (AvgIpc) is 2.54. The van der Waals surface area contributed by atoms with Crippen molar-refractivity contribution in [3.05, 3.63) is 23.8 Å². The van der Waals surface area contributed by atoms with Gasteiger partial charge in [-0.2, -0.15) is 0 Å². The molecular weight excluding hydrogens is 316 g/mol. The maximum Gasteiger partial charge on any atom is 0.257 e. The van der Waals surface area contributed by atoms with Crippen LogP contribution in [0.3, 0.4) is 0 Å². The quantitative estimate of drug-likeness (QED) is 0.563. The molecule has 0 bridgehead atoms. The lowest BCUT2D eigenvalue weighted by molar-refractivity contribution is 0.0975. The Morgan fingerprint density at radius 1 is 1.22 bits per heavy atom. The summed E-state index contributed by atoms with van der Waals surface area (Å²) in [7, 11) is -1.95. The van der Waals surface area contributed by atoms with Crippen LogP contribution in [-0.2, 0) is 9.84 Å². The minimum absolute atomic E-state index is 0.143. The molecule has 1 aliphatic rings. The molecule has 2 rings (SSSR count). The van der Waals surface area contributed by atoms with Gasteiger partial charge in [-0.05, 0) is 37.5 Å². The number of piperidine rings is 1. The molecule has 0 aliphatic carbocycles. The fourth-order valence-electron chi connectivity index (χ4n) is 2.60. The molecule has 23 heavy (non-hydrogen) atoms. The number of nitrogens with zero attached hydrogens (tertiary/aromatic N) is 1. The summed E-state index contributed by atoms with van der Waals surface area (Å²) in [5, 5.41) is 12.3. The van der Waals surface area contributed by atoms with Crippen LogP contribution >= 0.6 is 0 Å². The second-order valence-electron chi connectivity index (χ2n) is 5.58. The highest BCUT2D eigenvalue weighted by Gasteiger charge is 2.22. The number of carbonyl (C=O) groups excluding carboxylic acids is 1. The molecule has 7 nitrogen and oxygen atoms in total. The molecule has 0 saturated carbocycles. The zero-order valence-electron chi connectivity index (χ0n) is 13.3. The van der Waals surface area contributed by atoms with Gasteiger partial charge in [-0.15, -0.1) is 0 Å². The predicted molar refractivity (Wildman–Crippen MR) is 89.9 cm³/mol. The van der Waals surface area contributed by atoms with Gasteiger partial charge >= 0.3 is 0 Å². The molecule has 0 atom stereocenters. The van der Waals surface area contributed by atoms with Gasteiger partial charge in [0.05, 0.1) is 10.6 Å². The Morgan fingerprint density at radius 3 is 2.43 bits per heavy atom. The number of hydrogen-bond acceptors (Lipinski definition) is 5. The Labute approximate surface area is 136 Å². The molecule has 1 saturated heterocycles.